The van der Waals surface area contributed by atoms with E-state index in [2.05, 4.69) is 10.2 Å². The number of aryl methyl sites for hydroxylation is 3. The van der Waals surface area contributed by atoms with Crippen LogP contribution in [0.3, 0.4) is 0 Å². The average Bonchev–Trinajstić information content (AvgIpc) is 2.71. The molecule has 0 aliphatic carbocycles. The number of amides is 2. The van der Waals surface area contributed by atoms with Gasteiger partial charge in [0.05, 0.1) is 19.8 Å². The first-order valence-corrected chi connectivity index (χ1v) is 10.4. The predicted octanol–water partition coefficient (Wildman–Crippen LogP) is 3.15. The number of anilines is 1. The third-order valence-corrected chi connectivity index (χ3v) is 5.35. The largest absolute Gasteiger partial charge is 0.379 e. The molecule has 1 aliphatic rings. The molecular formula is C24H31N3O3. The summed E-state index contributed by atoms with van der Waals surface area (Å²) in [4.78, 5) is 29.2. The zero-order valence-corrected chi connectivity index (χ0v) is 18.3. The number of ether oxygens (including phenoxy) is 1. The molecule has 1 heterocycles. The van der Waals surface area contributed by atoms with Gasteiger partial charge in [0.25, 0.3) is 5.91 Å². The van der Waals surface area contributed by atoms with E-state index >= 15 is 0 Å². The van der Waals surface area contributed by atoms with E-state index in [-0.39, 0.29) is 18.4 Å². The molecule has 1 fully saturated rings. The Morgan fingerprint density at radius 2 is 1.73 bits per heavy atom. The summed E-state index contributed by atoms with van der Waals surface area (Å²) in [7, 11) is 1.66. The van der Waals surface area contributed by atoms with Crippen molar-refractivity contribution in [3.8, 4) is 0 Å². The lowest BCUT2D eigenvalue weighted by Gasteiger charge is -2.26. The van der Waals surface area contributed by atoms with Crippen LogP contribution in [0.4, 0.5) is 5.69 Å². The van der Waals surface area contributed by atoms with Crippen LogP contribution in [0.1, 0.15) is 32.6 Å². The first kappa shape index (κ1) is 22.0. The third kappa shape index (κ3) is 5.68. The van der Waals surface area contributed by atoms with Crippen molar-refractivity contribution in [2.75, 3.05) is 45.2 Å². The number of likely N-dealkylation sites (N-methyl/N-ethyl adjacent to an activating group) is 1. The van der Waals surface area contributed by atoms with Gasteiger partial charge in [-0.15, -0.1) is 0 Å². The van der Waals surface area contributed by atoms with Crippen molar-refractivity contribution in [3.05, 3.63) is 64.2 Å². The first-order chi connectivity index (χ1) is 14.3. The van der Waals surface area contributed by atoms with Crippen LogP contribution in [0, 0.1) is 20.8 Å². The van der Waals surface area contributed by atoms with Crippen LogP contribution in [0.25, 0.3) is 0 Å². The van der Waals surface area contributed by atoms with Gasteiger partial charge < -0.3 is 15.0 Å². The molecule has 0 unspecified atom stereocenters. The van der Waals surface area contributed by atoms with Gasteiger partial charge in [-0.1, -0.05) is 29.8 Å². The Kier molecular flexibility index (Phi) is 7.24. The zero-order valence-electron chi connectivity index (χ0n) is 18.3. The van der Waals surface area contributed by atoms with Crippen LogP contribution >= 0.6 is 0 Å². The summed E-state index contributed by atoms with van der Waals surface area (Å²) in [5.41, 5.74) is 5.70. The highest BCUT2D eigenvalue weighted by Gasteiger charge is 2.17. The molecule has 160 valence electrons. The lowest BCUT2D eigenvalue weighted by molar-refractivity contribution is -0.116. The Bertz CT molecular complexity index is 897. The Morgan fingerprint density at radius 3 is 2.40 bits per heavy atom. The van der Waals surface area contributed by atoms with Crippen LogP contribution in [0.2, 0.25) is 0 Å². The minimum atomic E-state index is -0.203. The highest BCUT2D eigenvalue weighted by Crippen LogP contribution is 2.22. The smallest absolute Gasteiger partial charge is 0.254 e. The molecule has 2 aromatic rings. The van der Waals surface area contributed by atoms with Crippen LogP contribution in [-0.4, -0.2) is 61.5 Å². The van der Waals surface area contributed by atoms with Crippen LogP contribution in [0.15, 0.2) is 36.4 Å². The Morgan fingerprint density at radius 1 is 1.07 bits per heavy atom. The topological polar surface area (TPSA) is 61.9 Å². The molecule has 6 heteroatoms. The lowest BCUT2D eigenvalue weighted by atomic mass is 10.1. The number of hydrogen-bond donors (Lipinski definition) is 1. The van der Waals surface area contributed by atoms with E-state index in [0.29, 0.717) is 5.56 Å². The second-order valence-electron chi connectivity index (χ2n) is 8.07. The molecule has 1 saturated heterocycles. The number of carbonyl (C=O) groups excluding carboxylic acids is 2. The number of benzene rings is 2. The van der Waals surface area contributed by atoms with Gasteiger partial charge in [0.1, 0.15) is 0 Å². The van der Waals surface area contributed by atoms with Crippen molar-refractivity contribution in [2.45, 2.75) is 27.3 Å². The summed E-state index contributed by atoms with van der Waals surface area (Å²) < 4.78 is 5.39. The maximum absolute atomic E-state index is 12.9. The molecule has 0 bridgehead atoms. The van der Waals surface area contributed by atoms with Crippen LogP contribution in [-0.2, 0) is 16.1 Å². The fourth-order valence-electron chi connectivity index (χ4n) is 3.88. The molecule has 1 N–H and O–H groups in total. The molecule has 0 saturated carbocycles. The zero-order chi connectivity index (χ0) is 21.7. The fourth-order valence-corrected chi connectivity index (χ4v) is 3.88. The van der Waals surface area contributed by atoms with Crippen molar-refractivity contribution in [2.24, 2.45) is 0 Å². The highest BCUT2D eigenvalue weighted by atomic mass is 16.5. The van der Waals surface area contributed by atoms with Gasteiger partial charge in [-0.2, -0.15) is 0 Å². The maximum Gasteiger partial charge on any atom is 0.254 e. The second kappa shape index (κ2) is 9.87. The molecule has 3 rings (SSSR count). The van der Waals surface area contributed by atoms with Gasteiger partial charge in [-0.05, 0) is 49.6 Å². The summed E-state index contributed by atoms with van der Waals surface area (Å²) in [6.45, 7) is 10.1. The average molecular weight is 410 g/mol. The van der Waals surface area contributed by atoms with E-state index in [9.17, 15) is 9.59 Å². The minimum Gasteiger partial charge on any atom is -0.379 e. The molecule has 2 aromatic carbocycles. The molecule has 30 heavy (non-hydrogen) atoms. The monoisotopic (exact) mass is 409 g/mol. The maximum atomic E-state index is 12.9. The fraction of sp³-hybridized carbons (Fsp3) is 0.417. The van der Waals surface area contributed by atoms with Gasteiger partial charge in [0.15, 0.2) is 0 Å². The van der Waals surface area contributed by atoms with Crippen molar-refractivity contribution in [1.29, 1.82) is 0 Å². The number of hydrogen-bond acceptors (Lipinski definition) is 4. The Balaban J connectivity index is 1.61. The minimum absolute atomic E-state index is 0.000713. The van der Waals surface area contributed by atoms with E-state index in [1.165, 1.54) is 4.90 Å². The highest BCUT2D eigenvalue weighted by molar-refractivity contribution is 5.99. The number of rotatable bonds is 6. The molecule has 0 radical (unpaired) electrons. The second-order valence-corrected chi connectivity index (χ2v) is 8.07. The Hall–Kier alpha value is -2.70. The van der Waals surface area contributed by atoms with Crippen LogP contribution in [0.5, 0.6) is 0 Å². The number of carbonyl (C=O) groups is 2. The molecule has 2 amide bonds. The van der Waals surface area contributed by atoms with Gasteiger partial charge >= 0.3 is 0 Å². The summed E-state index contributed by atoms with van der Waals surface area (Å²) in [6.07, 6.45) is 0. The third-order valence-electron chi connectivity index (χ3n) is 5.35. The normalized spacial score (nSPS) is 14.4. The SMILES string of the molecule is Cc1cc(C)c(NC(=O)CN(C)C(=O)c2cccc(CN3CCOCC3)c2)c(C)c1. The van der Waals surface area contributed by atoms with Crippen LogP contribution < -0.4 is 5.32 Å². The Labute approximate surface area is 178 Å². The lowest BCUT2D eigenvalue weighted by Crippen LogP contribution is -2.36. The van der Waals surface area contributed by atoms with Crippen molar-refractivity contribution >= 4 is 17.5 Å². The quantitative estimate of drug-likeness (QED) is 0.796. The van der Waals surface area contributed by atoms with E-state index in [1.54, 1.807) is 13.1 Å². The summed E-state index contributed by atoms with van der Waals surface area (Å²) in [5, 5.41) is 2.96. The molecule has 6 nitrogen and oxygen atoms in total. The van der Waals surface area contributed by atoms with E-state index in [1.807, 2.05) is 51.1 Å². The van der Waals surface area contributed by atoms with Crippen molar-refractivity contribution < 1.29 is 14.3 Å². The number of nitrogens with one attached hydrogen (secondary N) is 1. The van der Waals surface area contributed by atoms with Gasteiger partial charge in [-0.25, -0.2) is 0 Å². The summed E-state index contributed by atoms with van der Waals surface area (Å²) >= 11 is 0. The molecular weight excluding hydrogens is 378 g/mol. The van der Waals surface area contributed by atoms with Gasteiger partial charge in [0, 0.05) is 37.9 Å². The number of nitrogens with zero attached hydrogens (tertiary/aromatic N) is 2. The van der Waals surface area contributed by atoms with Gasteiger partial charge in [-0.3, -0.25) is 14.5 Å². The standard InChI is InChI=1S/C24H31N3O3/c1-17-12-18(2)23(19(3)13-17)25-22(28)16-26(4)24(29)21-7-5-6-20(14-21)15-27-8-10-30-11-9-27/h5-7,12-14H,8-11,15-16H2,1-4H3,(H,25,28). The van der Waals surface area contributed by atoms with E-state index < -0.39 is 0 Å². The van der Waals surface area contributed by atoms with Gasteiger partial charge in [0.2, 0.25) is 5.91 Å². The van der Waals surface area contributed by atoms with Crippen molar-refractivity contribution in [1.82, 2.24) is 9.80 Å². The van der Waals surface area contributed by atoms with E-state index in [0.717, 1.165) is 60.8 Å². The number of morpholine rings is 1. The first-order valence-electron chi connectivity index (χ1n) is 10.4. The molecule has 0 atom stereocenters. The summed E-state index contributed by atoms with van der Waals surface area (Å²) in [6, 6.07) is 11.7. The van der Waals surface area contributed by atoms with E-state index in [4.69, 9.17) is 4.74 Å². The molecule has 1 aliphatic heterocycles. The van der Waals surface area contributed by atoms with Crippen molar-refractivity contribution in [3.63, 3.8) is 0 Å². The predicted molar refractivity (Wildman–Crippen MR) is 119 cm³/mol. The summed E-state index contributed by atoms with van der Waals surface area (Å²) in [5.74, 6) is -0.364. The molecule has 0 spiro atoms. The molecule has 0 aromatic heterocycles.